The Bertz CT molecular complexity index is 525. The van der Waals surface area contributed by atoms with Crippen molar-refractivity contribution in [2.75, 3.05) is 20.2 Å². The molecule has 1 heterocycles. The molecule has 1 N–H and O–H groups in total. The number of benzene rings is 1. The molecule has 2 rings (SSSR count). The van der Waals surface area contributed by atoms with Crippen LogP contribution in [0.25, 0.3) is 0 Å². The van der Waals surface area contributed by atoms with E-state index in [0.29, 0.717) is 25.1 Å². The molecule has 1 aromatic rings. The summed E-state index contributed by atoms with van der Waals surface area (Å²) in [5.74, 6) is 0.799. The minimum absolute atomic E-state index is 0.0392. The third-order valence-electron chi connectivity index (χ3n) is 4.09. The summed E-state index contributed by atoms with van der Waals surface area (Å²) in [6.45, 7) is 7.40. The van der Waals surface area contributed by atoms with E-state index in [2.05, 4.69) is 13.8 Å². The fourth-order valence-corrected chi connectivity index (χ4v) is 3.05. The number of carbonyl (C=O) groups is 1. The Balaban J connectivity index is 2.22. The molecule has 21 heavy (non-hydrogen) atoms. The molecule has 1 unspecified atom stereocenters. The molecule has 1 amide bonds. The van der Waals surface area contributed by atoms with Crippen LogP contribution in [-0.2, 0) is 0 Å². The van der Waals surface area contributed by atoms with Crippen LogP contribution in [0.4, 0.5) is 0 Å². The van der Waals surface area contributed by atoms with Crippen molar-refractivity contribution in [3.63, 3.8) is 0 Å². The summed E-state index contributed by atoms with van der Waals surface area (Å²) < 4.78 is 5.18. The van der Waals surface area contributed by atoms with Crippen LogP contribution < -0.4 is 4.74 Å². The summed E-state index contributed by atoms with van der Waals surface area (Å²) in [6.07, 6.45) is 1.05. The number of aliphatic hydroxyl groups excluding tert-OH is 1. The van der Waals surface area contributed by atoms with Crippen LogP contribution in [0.1, 0.15) is 42.6 Å². The summed E-state index contributed by atoms with van der Waals surface area (Å²) >= 11 is 0. The number of amides is 1. The number of ether oxygens (including phenoxy) is 1. The summed E-state index contributed by atoms with van der Waals surface area (Å²) in [5.41, 5.74) is 1.57. The maximum atomic E-state index is 12.8. The molecule has 1 aliphatic rings. The van der Waals surface area contributed by atoms with Gasteiger partial charge in [0.2, 0.25) is 0 Å². The molecule has 116 valence electrons. The van der Waals surface area contributed by atoms with Crippen LogP contribution >= 0.6 is 0 Å². The van der Waals surface area contributed by atoms with Gasteiger partial charge >= 0.3 is 0 Å². The molecule has 0 bridgehead atoms. The van der Waals surface area contributed by atoms with E-state index in [9.17, 15) is 9.90 Å². The van der Waals surface area contributed by atoms with E-state index in [-0.39, 0.29) is 17.4 Å². The van der Waals surface area contributed by atoms with Crippen LogP contribution in [0.5, 0.6) is 5.75 Å². The molecule has 1 aromatic carbocycles. The highest BCUT2D eigenvalue weighted by Crippen LogP contribution is 2.29. The first-order valence-corrected chi connectivity index (χ1v) is 7.44. The van der Waals surface area contributed by atoms with E-state index in [0.717, 1.165) is 17.7 Å². The van der Waals surface area contributed by atoms with Gasteiger partial charge in [-0.3, -0.25) is 4.79 Å². The third-order valence-corrected chi connectivity index (χ3v) is 4.09. The molecular formula is C17H25NO3. The number of aryl methyl sites for hydroxylation is 1. The predicted octanol–water partition coefficient (Wildman–Crippen LogP) is 2.63. The fraction of sp³-hybridized carbons (Fsp3) is 0.588. The number of hydrogen-bond acceptors (Lipinski definition) is 3. The van der Waals surface area contributed by atoms with Gasteiger partial charge in [0.25, 0.3) is 5.91 Å². The molecule has 4 nitrogen and oxygen atoms in total. The van der Waals surface area contributed by atoms with Gasteiger partial charge in [-0.15, -0.1) is 0 Å². The van der Waals surface area contributed by atoms with Gasteiger partial charge in [0.05, 0.1) is 13.2 Å². The van der Waals surface area contributed by atoms with Crippen LogP contribution in [-0.4, -0.2) is 42.2 Å². The van der Waals surface area contributed by atoms with Crippen molar-refractivity contribution in [3.8, 4) is 5.75 Å². The summed E-state index contributed by atoms with van der Waals surface area (Å²) in [6, 6.07) is 5.52. The van der Waals surface area contributed by atoms with E-state index >= 15 is 0 Å². The number of hydrogen-bond donors (Lipinski definition) is 1. The van der Waals surface area contributed by atoms with E-state index in [1.54, 1.807) is 7.11 Å². The van der Waals surface area contributed by atoms with Crippen molar-refractivity contribution in [3.05, 3.63) is 29.3 Å². The van der Waals surface area contributed by atoms with Gasteiger partial charge in [0, 0.05) is 18.7 Å². The first kappa shape index (κ1) is 15.8. The molecule has 4 heteroatoms. The lowest BCUT2D eigenvalue weighted by atomic mass is 9.87. The van der Waals surface area contributed by atoms with Gasteiger partial charge in [-0.1, -0.05) is 13.8 Å². The normalized spacial score (nSPS) is 21.8. The van der Waals surface area contributed by atoms with Gasteiger partial charge in [-0.2, -0.15) is 0 Å². The highest BCUT2D eigenvalue weighted by molar-refractivity contribution is 5.95. The second-order valence-corrected chi connectivity index (χ2v) is 6.72. The number of nitrogens with zero attached hydrogens (tertiary/aromatic N) is 1. The SMILES string of the molecule is COc1ccc(C(=O)N2CCC(O)CC(C)(C)C2)c(C)c1. The zero-order valence-corrected chi connectivity index (χ0v) is 13.3. The number of aliphatic hydroxyl groups is 1. The van der Waals surface area contributed by atoms with Crippen LogP contribution in [0, 0.1) is 12.3 Å². The lowest BCUT2D eigenvalue weighted by Crippen LogP contribution is -2.37. The number of rotatable bonds is 2. The van der Waals surface area contributed by atoms with E-state index in [4.69, 9.17) is 4.74 Å². The Kier molecular flexibility index (Phi) is 4.57. The highest BCUT2D eigenvalue weighted by atomic mass is 16.5. The Morgan fingerprint density at radius 2 is 2.14 bits per heavy atom. The first-order chi connectivity index (χ1) is 9.82. The van der Waals surface area contributed by atoms with E-state index in [1.165, 1.54) is 0 Å². The average Bonchev–Trinajstić information content (AvgIpc) is 2.55. The quantitative estimate of drug-likeness (QED) is 0.911. The highest BCUT2D eigenvalue weighted by Gasteiger charge is 2.31. The Morgan fingerprint density at radius 1 is 1.43 bits per heavy atom. The van der Waals surface area contributed by atoms with Crippen molar-refractivity contribution in [1.82, 2.24) is 4.90 Å². The second kappa shape index (κ2) is 6.06. The van der Waals surface area contributed by atoms with E-state index < -0.39 is 0 Å². The molecule has 1 aliphatic heterocycles. The van der Waals surface area contributed by atoms with Crippen molar-refractivity contribution in [2.24, 2.45) is 5.41 Å². The lowest BCUT2D eigenvalue weighted by Gasteiger charge is -2.30. The maximum absolute atomic E-state index is 12.8. The Labute approximate surface area is 126 Å². The monoisotopic (exact) mass is 291 g/mol. The predicted molar refractivity (Wildman–Crippen MR) is 82.7 cm³/mol. The molecule has 0 aliphatic carbocycles. The van der Waals surface area contributed by atoms with Gasteiger partial charge < -0.3 is 14.7 Å². The minimum atomic E-state index is -0.324. The molecule has 1 fully saturated rings. The Morgan fingerprint density at radius 3 is 2.76 bits per heavy atom. The van der Waals surface area contributed by atoms with Gasteiger partial charge in [0.15, 0.2) is 0 Å². The number of likely N-dealkylation sites (tertiary alicyclic amines) is 1. The van der Waals surface area contributed by atoms with Crippen molar-refractivity contribution >= 4 is 5.91 Å². The third kappa shape index (κ3) is 3.76. The summed E-state index contributed by atoms with van der Waals surface area (Å²) in [4.78, 5) is 14.6. The standard InChI is InChI=1S/C17H25NO3/c1-12-9-14(21-4)5-6-15(12)16(20)18-8-7-13(19)10-17(2,3)11-18/h5-6,9,13,19H,7-8,10-11H2,1-4H3. The second-order valence-electron chi connectivity index (χ2n) is 6.72. The number of methoxy groups -OCH3 is 1. The lowest BCUT2D eigenvalue weighted by molar-refractivity contribution is 0.0704. The zero-order chi connectivity index (χ0) is 15.6. The minimum Gasteiger partial charge on any atom is -0.497 e. The molecule has 1 saturated heterocycles. The molecule has 0 aromatic heterocycles. The van der Waals surface area contributed by atoms with Crippen molar-refractivity contribution < 1.29 is 14.6 Å². The molecule has 1 atom stereocenters. The van der Waals surface area contributed by atoms with Gasteiger partial charge in [-0.05, 0) is 48.9 Å². The van der Waals surface area contributed by atoms with Crippen molar-refractivity contribution in [2.45, 2.75) is 39.7 Å². The molecule has 0 radical (unpaired) electrons. The topological polar surface area (TPSA) is 49.8 Å². The smallest absolute Gasteiger partial charge is 0.254 e. The van der Waals surface area contributed by atoms with Crippen LogP contribution in [0.15, 0.2) is 18.2 Å². The first-order valence-electron chi connectivity index (χ1n) is 7.44. The van der Waals surface area contributed by atoms with Crippen LogP contribution in [0.2, 0.25) is 0 Å². The van der Waals surface area contributed by atoms with Gasteiger partial charge in [-0.25, -0.2) is 0 Å². The zero-order valence-electron chi connectivity index (χ0n) is 13.3. The van der Waals surface area contributed by atoms with E-state index in [1.807, 2.05) is 30.0 Å². The summed E-state index contributed by atoms with van der Waals surface area (Å²) in [7, 11) is 1.62. The van der Waals surface area contributed by atoms with Gasteiger partial charge in [0.1, 0.15) is 5.75 Å². The Hall–Kier alpha value is -1.55. The number of carbonyl (C=O) groups excluding carboxylic acids is 1. The molecular weight excluding hydrogens is 266 g/mol. The molecule has 0 spiro atoms. The fourth-order valence-electron chi connectivity index (χ4n) is 3.05. The molecule has 0 saturated carbocycles. The van der Waals surface area contributed by atoms with Crippen molar-refractivity contribution in [1.29, 1.82) is 0 Å². The maximum Gasteiger partial charge on any atom is 0.254 e. The largest absolute Gasteiger partial charge is 0.497 e. The summed E-state index contributed by atoms with van der Waals surface area (Å²) in [5, 5.41) is 9.96. The van der Waals surface area contributed by atoms with Crippen LogP contribution in [0.3, 0.4) is 0 Å². The average molecular weight is 291 g/mol.